The zero-order valence-corrected chi connectivity index (χ0v) is 19.6. The molecule has 1 fully saturated rings. The molecule has 1 aliphatic heterocycles. The van der Waals surface area contributed by atoms with Crippen molar-refractivity contribution in [3.63, 3.8) is 0 Å². The number of anilines is 3. The van der Waals surface area contributed by atoms with Crippen LogP contribution in [-0.2, 0) is 4.74 Å². The van der Waals surface area contributed by atoms with E-state index in [0.717, 1.165) is 35.6 Å². The number of halogens is 1. The molecule has 8 nitrogen and oxygen atoms in total. The van der Waals surface area contributed by atoms with Gasteiger partial charge in [0.2, 0.25) is 5.95 Å². The topological polar surface area (TPSA) is 92.3 Å². The van der Waals surface area contributed by atoms with Crippen LogP contribution in [-0.4, -0.2) is 47.3 Å². The Hall–Kier alpha value is -4.01. The van der Waals surface area contributed by atoms with Crippen LogP contribution in [0, 0.1) is 0 Å². The molecule has 5 rings (SSSR count). The van der Waals surface area contributed by atoms with Gasteiger partial charge in [-0.2, -0.15) is 0 Å². The van der Waals surface area contributed by atoms with Crippen LogP contribution in [0.4, 0.5) is 22.1 Å². The van der Waals surface area contributed by atoms with E-state index in [-0.39, 0.29) is 6.03 Å². The standard InChI is InChI=1S/C26H23ClN6O2/c27-22-9-8-20(17-21(22)24-3-1-2-11-28-24)31-26(34)30-19-6-4-18(5-7-19)23-10-12-29-25(32-23)33-13-15-35-16-14-33/h1-12,17H,13-16H2,(H2,30,31,34). The van der Waals surface area contributed by atoms with Gasteiger partial charge in [0.15, 0.2) is 0 Å². The first-order chi connectivity index (χ1) is 17.2. The summed E-state index contributed by atoms with van der Waals surface area (Å²) in [4.78, 5) is 28.1. The average molecular weight is 487 g/mol. The van der Waals surface area contributed by atoms with E-state index in [1.54, 1.807) is 30.6 Å². The van der Waals surface area contributed by atoms with Gasteiger partial charge in [0, 0.05) is 48.0 Å². The maximum absolute atomic E-state index is 12.6. The molecule has 0 unspecified atom stereocenters. The van der Waals surface area contributed by atoms with Gasteiger partial charge >= 0.3 is 6.03 Å². The average Bonchev–Trinajstić information content (AvgIpc) is 2.91. The van der Waals surface area contributed by atoms with Crippen LogP contribution in [0.5, 0.6) is 0 Å². The summed E-state index contributed by atoms with van der Waals surface area (Å²) in [6.07, 6.45) is 3.46. The van der Waals surface area contributed by atoms with E-state index in [1.165, 1.54) is 0 Å². The molecule has 0 spiro atoms. The molecular formula is C26H23ClN6O2. The molecule has 0 atom stereocenters. The highest BCUT2D eigenvalue weighted by molar-refractivity contribution is 6.33. The maximum Gasteiger partial charge on any atom is 0.323 e. The molecule has 176 valence electrons. The fourth-order valence-corrected chi connectivity index (χ4v) is 3.98. The monoisotopic (exact) mass is 486 g/mol. The van der Waals surface area contributed by atoms with Crippen molar-refractivity contribution in [1.82, 2.24) is 15.0 Å². The molecule has 3 heterocycles. The van der Waals surface area contributed by atoms with Crippen LogP contribution in [0.3, 0.4) is 0 Å². The predicted octanol–water partition coefficient (Wildman–Crippen LogP) is 5.34. The molecule has 0 radical (unpaired) electrons. The summed E-state index contributed by atoms with van der Waals surface area (Å²) in [5, 5.41) is 6.26. The summed E-state index contributed by atoms with van der Waals surface area (Å²) in [6.45, 7) is 2.91. The number of carbonyl (C=O) groups excluding carboxylic acids is 1. The molecule has 4 aromatic rings. The molecule has 0 saturated carbocycles. The Labute approximate surface area is 208 Å². The van der Waals surface area contributed by atoms with Crippen molar-refractivity contribution >= 4 is 35.0 Å². The minimum Gasteiger partial charge on any atom is -0.378 e. The zero-order chi connectivity index (χ0) is 24.0. The Morgan fingerprint density at radius 2 is 1.63 bits per heavy atom. The van der Waals surface area contributed by atoms with Crippen molar-refractivity contribution < 1.29 is 9.53 Å². The van der Waals surface area contributed by atoms with Crippen LogP contribution in [0.15, 0.2) is 79.1 Å². The lowest BCUT2D eigenvalue weighted by Gasteiger charge is -2.26. The third-order valence-corrected chi connectivity index (χ3v) is 5.87. The Morgan fingerprint density at radius 1 is 0.857 bits per heavy atom. The second kappa shape index (κ2) is 10.5. The van der Waals surface area contributed by atoms with Crippen molar-refractivity contribution in [2.24, 2.45) is 0 Å². The van der Waals surface area contributed by atoms with Gasteiger partial charge in [-0.3, -0.25) is 4.98 Å². The molecule has 2 aromatic carbocycles. The first-order valence-corrected chi connectivity index (χ1v) is 11.6. The lowest BCUT2D eigenvalue weighted by atomic mass is 10.1. The number of rotatable bonds is 5. The number of amides is 2. The molecular weight excluding hydrogens is 464 g/mol. The van der Waals surface area contributed by atoms with Crippen LogP contribution >= 0.6 is 11.6 Å². The molecule has 0 aliphatic carbocycles. The second-order valence-electron chi connectivity index (χ2n) is 7.91. The lowest BCUT2D eigenvalue weighted by molar-refractivity contribution is 0.122. The van der Waals surface area contributed by atoms with Gasteiger partial charge < -0.3 is 20.3 Å². The van der Waals surface area contributed by atoms with Crippen LogP contribution < -0.4 is 15.5 Å². The molecule has 9 heteroatoms. The van der Waals surface area contributed by atoms with Crippen LogP contribution in [0.2, 0.25) is 5.02 Å². The highest BCUT2D eigenvalue weighted by atomic mass is 35.5. The summed E-state index contributed by atoms with van der Waals surface area (Å²) in [6, 6.07) is 19.9. The molecule has 1 aliphatic rings. The summed E-state index contributed by atoms with van der Waals surface area (Å²) in [5.74, 6) is 0.695. The molecule has 1 saturated heterocycles. The highest BCUT2D eigenvalue weighted by Crippen LogP contribution is 2.29. The number of pyridine rings is 1. The smallest absolute Gasteiger partial charge is 0.323 e. The lowest BCUT2D eigenvalue weighted by Crippen LogP contribution is -2.37. The van der Waals surface area contributed by atoms with Gasteiger partial charge in [-0.15, -0.1) is 0 Å². The van der Waals surface area contributed by atoms with E-state index in [9.17, 15) is 4.79 Å². The highest BCUT2D eigenvalue weighted by Gasteiger charge is 2.14. The second-order valence-corrected chi connectivity index (χ2v) is 8.31. The number of morpholine rings is 1. The fraction of sp³-hybridized carbons (Fsp3) is 0.154. The molecule has 2 aromatic heterocycles. The quantitative estimate of drug-likeness (QED) is 0.395. The number of nitrogens with zero attached hydrogens (tertiary/aromatic N) is 4. The van der Waals surface area contributed by atoms with Gasteiger partial charge in [-0.25, -0.2) is 14.8 Å². The first-order valence-electron chi connectivity index (χ1n) is 11.2. The number of urea groups is 1. The Kier molecular flexibility index (Phi) is 6.83. The summed E-state index contributed by atoms with van der Waals surface area (Å²) in [5.41, 5.74) is 4.51. The number of benzene rings is 2. The minimum atomic E-state index is -0.358. The number of hydrogen-bond donors (Lipinski definition) is 2. The predicted molar refractivity (Wildman–Crippen MR) is 138 cm³/mol. The third kappa shape index (κ3) is 5.56. The van der Waals surface area contributed by atoms with E-state index in [0.29, 0.717) is 35.6 Å². The fourth-order valence-electron chi connectivity index (χ4n) is 3.76. The van der Waals surface area contributed by atoms with E-state index in [4.69, 9.17) is 21.3 Å². The summed E-state index contributed by atoms with van der Waals surface area (Å²) in [7, 11) is 0. The number of aromatic nitrogens is 3. The first kappa shape index (κ1) is 22.8. The van der Waals surface area contributed by atoms with E-state index in [2.05, 4.69) is 25.5 Å². The van der Waals surface area contributed by atoms with E-state index in [1.807, 2.05) is 48.5 Å². The number of nitrogens with one attached hydrogen (secondary N) is 2. The Morgan fingerprint density at radius 3 is 2.40 bits per heavy atom. The van der Waals surface area contributed by atoms with Crippen molar-refractivity contribution in [2.45, 2.75) is 0 Å². The van der Waals surface area contributed by atoms with E-state index < -0.39 is 0 Å². The normalized spacial score (nSPS) is 13.3. The maximum atomic E-state index is 12.6. The SMILES string of the molecule is O=C(Nc1ccc(-c2ccnc(N3CCOCC3)n2)cc1)Nc1ccc(Cl)c(-c2ccccn2)c1. The van der Waals surface area contributed by atoms with Gasteiger partial charge in [-0.05, 0) is 48.5 Å². The largest absolute Gasteiger partial charge is 0.378 e. The van der Waals surface area contributed by atoms with E-state index >= 15 is 0 Å². The molecule has 0 bridgehead atoms. The molecule has 2 N–H and O–H groups in total. The van der Waals surface area contributed by atoms with Crippen LogP contribution in [0.1, 0.15) is 0 Å². The Bertz CT molecular complexity index is 1310. The van der Waals surface area contributed by atoms with Gasteiger partial charge in [0.25, 0.3) is 0 Å². The Balaban J connectivity index is 1.24. The number of carbonyl (C=O) groups is 1. The van der Waals surface area contributed by atoms with Gasteiger partial charge in [0.1, 0.15) is 0 Å². The zero-order valence-electron chi connectivity index (χ0n) is 18.8. The minimum absolute atomic E-state index is 0.358. The molecule has 2 amide bonds. The third-order valence-electron chi connectivity index (χ3n) is 5.54. The molecule has 35 heavy (non-hydrogen) atoms. The number of hydrogen-bond acceptors (Lipinski definition) is 6. The summed E-state index contributed by atoms with van der Waals surface area (Å²) < 4.78 is 5.40. The van der Waals surface area contributed by atoms with Crippen LogP contribution in [0.25, 0.3) is 22.5 Å². The summed E-state index contributed by atoms with van der Waals surface area (Å²) >= 11 is 6.33. The van der Waals surface area contributed by atoms with Crippen molar-refractivity contribution in [2.75, 3.05) is 41.8 Å². The van der Waals surface area contributed by atoms with Gasteiger partial charge in [-0.1, -0.05) is 29.8 Å². The van der Waals surface area contributed by atoms with Crippen molar-refractivity contribution in [3.8, 4) is 22.5 Å². The van der Waals surface area contributed by atoms with Crippen molar-refractivity contribution in [1.29, 1.82) is 0 Å². The van der Waals surface area contributed by atoms with Gasteiger partial charge in [0.05, 0.1) is 29.6 Å². The number of ether oxygens (including phenoxy) is 1. The van der Waals surface area contributed by atoms with Crippen molar-refractivity contribution in [3.05, 3.63) is 84.1 Å².